The topological polar surface area (TPSA) is 6.48 Å². The van der Waals surface area contributed by atoms with Crippen LogP contribution in [0.3, 0.4) is 0 Å². The Morgan fingerprint density at radius 2 is 0.607 bits per heavy atom. The molecule has 290 valence electrons. The smallest absolute Gasteiger partial charge is 0.0465 e. The number of rotatable bonds is 8. The number of para-hydroxylation sites is 3. The molecule has 0 spiro atoms. The fourth-order valence-corrected chi connectivity index (χ4v) is 9.75. The maximum atomic E-state index is 2.48. The molecular weight excluding hydrogens is 737 g/mol. The van der Waals surface area contributed by atoms with Gasteiger partial charge in [-0.2, -0.15) is 0 Å². The number of anilines is 6. The molecule has 61 heavy (non-hydrogen) atoms. The molecule has 0 aromatic heterocycles. The summed E-state index contributed by atoms with van der Waals surface area (Å²) >= 11 is 0. The van der Waals surface area contributed by atoms with Gasteiger partial charge in [-0.3, -0.25) is 0 Å². The molecule has 0 bridgehead atoms. The highest BCUT2D eigenvalue weighted by Crippen LogP contribution is 2.53. The zero-order valence-corrected chi connectivity index (χ0v) is 34.3. The lowest BCUT2D eigenvalue weighted by atomic mass is 9.80. The summed E-state index contributed by atoms with van der Waals surface area (Å²) in [4.78, 5) is 4.69. The SMILES string of the molecule is CC1(C)c2cc(-c3c4ccccc4c(-c4ccccc4)c4ccccc34)ccc2-c2ccc(N(c3ccccc3)c3ccc(N(c4ccccc4)c4ccccc4)cc3)cc21. The highest BCUT2D eigenvalue weighted by molar-refractivity contribution is 6.21. The van der Waals surface area contributed by atoms with Crippen molar-refractivity contribution in [3.63, 3.8) is 0 Å². The molecule has 0 fully saturated rings. The van der Waals surface area contributed by atoms with Crippen molar-refractivity contribution < 1.29 is 0 Å². The third-order valence-electron chi connectivity index (χ3n) is 12.6. The van der Waals surface area contributed by atoms with E-state index in [4.69, 9.17) is 0 Å². The van der Waals surface area contributed by atoms with Gasteiger partial charge in [-0.15, -0.1) is 0 Å². The summed E-state index contributed by atoms with van der Waals surface area (Å²) in [7, 11) is 0. The maximum Gasteiger partial charge on any atom is 0.0465 e. The van der Waals surface area contributed by atoms with Crippen molar-refractivity contribution in [2.75, 3.05) is 9.80 Å². The number of benzene rings is 10. The molecular formula is C59H44N2. The Balaban J connectivity index is 1.01. The van der Waals surface area contributed by atoms with Gasteiger partial charge < -0.3 is 9.80 Å². The van der Waals surface area contributed by atoms with Crippen molar-refractivity contribution >= 4 is 55.7 Å². The van der Waals surface area contributed by atoms with Crippen LogP contribution < -0.4 is 9.80 Å². The Bertz CT molecular complexity index is 3090. The third-order valence-corrected chi connectivity index (χ3v) is 12.6. The predicted molar refractivity (Wildman–Crippen MR) is 259 cm³/mol. The second kappa shape index (κ2) is 14.9. The summed E-state index contributed by atoms with van der Waals surface area (Å²) in [6.45, 7) is 4.78. The van der Waals surface area contributed by atoms with E-state index in [2.05, 4.69) is 254 Å². The van der Waals surface area contributed by atoms with Gasteiger partial charge in [-0.25, -0.2) is 0 Å². The fourth-order valence-electron chi connectivity index (χ4n) is 9.75. The molecule has 10 aromatic rings. The van der Waals surface area contributed by atoms with Gasteiger partial charge in [0.15, 0.2) is 0 Å². The van der Waals surface area contributed by atoms with Gasteiger partial charge in [0.05, 0.1) is 0 Å². The molecule has 0 N–H and O–H groups in total. The van der Waals surface area contributed by atoms with E-state index >= 15 is 0 Å². The second-order valence-electron chi connectivity index (χ2n) is 16.5. The van der Waals surface area contributed by atoms with Crippen molar-refractivity contribution in [2.45, 2.75) is 19.3 Å². The van der Waals surface area contributed by atoms with Crippen molar-refractivity contribution in [3.8, 4) is 33.4 Å². The summed E-state index contributed by atoms with van der Waals surface area (Å²) in [5.74, 6) is 0. The molecule has 0 saturated carbocycles. The van der Waals surface area contributed by atoms with Gasteiger partial charge >= 0.3 is 0 Å². The quantitative estimate of drug-likeness (QED) is 0.142. The Labute approximate surface area is 358 Å². The molecule has 0 saturated heterocycles. The van der Waals surface area contributed by atoms with Gasteiger partial charge in [-0.1, -0.05) is 166 Å². The van der Waals surface area contributed by atoms with Crippen LogP contribution in [0.5, 0.6) is 0 Å². The Morgan fingerprint density at radius 3 is 1.07 bits per heavy atom. The van der Waals surface area contributed by atoms with Crippen LogP contribution in [0.4, 0.5) is 34.1 Å². The standard InChI is InChI=1S/C59H44N2/c1-59(2)55-39-42(58-53-29-17-15-27-51(53)57(41-19-7-3-8-20-41)52-28-16-18-30-54(52)58)31-37-49(55)50-38-36-48(40-56(50)59)61(45-25-13-6-14-26-45)47-34-32-46(33-35-47)60(43-21-9-4-10-22-43)44-23-11-5-12-24-44/h3-40H,1-2H3. The van der Waals surface area contributed by atoms with Crippen molar-refractivity contribution in [3.05, 3.63) is 242 Å². The number of hydrogen-bond donors (Lipinski definition) is 0. The molecule has 11 rings (SSSR count). The van der Waals surface area contributed by atoms with E-state index in [-0.39, 0.29) is 5.41 Å². The molecule has 0 unspecified atom stereocenters. The minimum absolute atomic E-state index is 0.232. The van der Waals surface area contributed by atoms with Crippen LogP contribution in [0.1, 0.15) is 25.0 Å². The number of fused-ring (bicyclic) bond motifs is 5. The molecule has 10 aromatic carbocycles. The summed E-state index contributed by atoms with van der Waals surface area (Å²) in [5, 5.41) is 5.10. The Morgan fingerprint density at radius 1 is 0.279 bits per heavy atom. The largest absolute Gasteiger partial charge is 0.311 e. The molecule has 0 aliphatic heterocycles. The lowest BCUT2D eigenvalue weighted by molar-refractivity contribution is 0.660. The van der Waals surface area contributed by atoms with Crippen LogP contribution in [0.15, 0.2) is 231 Å². The Kier molecular flexibility index (Phi) is 8.86. The molecule has 0 heterocycles. The zero-order valence-electron chi connectivity index (χ0n) is 34.3. The molecule has 0 radical (unpaired) electrons. The predicted octanol–water partition coefficient (Wildman–Crippen LogP) is 16.6. The van der Waals surface area contributed by atoms with Gasteiger partial charge in [-0.05, 0) is 145 Å². The first-order chi connectivity index (χ1) is 30.0. The van der Waals surface area contributed by atoms with Crippen LogP contribution in [0.25, 0.3) is 54.9 Å². The number of hydrogen-bond acceptors (Lipinski definition) is 2. The highest BCUT2D eigenvalue weighted by Gasteiger charge is 2.36. The van der Waals surface area contributed by atoms with Crippen LogP contribution in [-0.2, 0) is 5.41 Å². The Hall–Kier alpha value is -7.68. The summed E-state index contributed by atoms with van der Waals surface area (Å²) in [5.41, 5.74) is 16.8. The lowest BCUT2D eigenvalue weighted by Crippen LogP contribution is -2.17. The second-order valence-corrected chi connectivity index (χ2v) is 16.5. The summed E-state index contributed by atoms with van der Waals surface area (Å²) < 4.78 is 0. The van der Waals surface area contributed by atoms with E-state index in [1.54, 1.807) is 0 Å². The van der Waals surface area contributed by atoms with Crippen LogP contribution in [0.2, 0.25) is 0 Å². The highest BCUT2D eigenvalue weighted by atomic mass is 15.2. The first-order valence-corrected chi connectivity index (χ1v) is 21.2. The van der Waals surface area contributed by atoms with E-state index in [0.717, 1.165) is 34.1 Å². The van der Waals surface area contributed by atoms with Crippen LogP contribution >= 0.6 is 0 Å². The molecule has 2 heteroatoms. The third kappa shape index (κ3) is 6.19. The van der Waals surface area contributed by atoms with E-state index in [1.165, 1.54) is 66.1 Å². The van der Waals surface area contributed by atoms with Gasteiger partial charge in [0.25, 0.3) is 0 Å². The maximum absolute atomic E-state index is 2.48. The molecule has 0 atom stereocenters. The number of nitrogens with zero attached hydrogens (tertiary/aromatic N) is 2. The van der Waals surface area contributed by atoms with Gasteiger partial charge in [0, 0.05) is 39.5 Å². The first kappa shape index (κ1) is 36.4. The van der Waals surface area contributed by atoms with Crippen molar-refractivity contribution in [1.82, 2.24) is 0 Å². The van der Waals surface area contributed by atoms with E-state index in [0.29, 0.717) is 0 Å². The van der Waals surface area contributed by atoms with Gasteiger partial charge in [0.2, 0.25) is 0 Å². The van der Waals surface area contributed by atoms with E-state index in [9.17, 15) is 0 Å². The normalized spacial score (nSPS) is 12.6. The average Bonchev–Trinajstić information content (AvgIpc) is 3.54. The molecule has 1 aliphatic rings. The first-order valence-electron chi connectivity index (χ1n) is 21.2. The molecule has 2 nitrogen and oxygen atoms in total. The minimum Gasteiger partial charge on any atom is -0.311 e. The minimum atomic E-state index is -0.232. The van der Waals surface area contributed by atoms with Crippen LogP contribution in [-0.4, -0.2) is 0 Å². The summed E-state index contributed by atoms with van der Waals surface area (Å²) in [6.07, 6.45) is 0. The lowest BCUT2D eigenvalue weighted by Gasteiger charge is -2.29. The van der Waals surface area contributed by atoms with Gasteiger partial charge in [0.1, 0.15) is 0 Å². The average molecular weight is 781 g/mol. The zero-order chi connectivity index (χ0) is 40.9. The molecule has 0 amide bonds. The van der Waals surface area contributed by atoms with Crippen LogP contribution in [0, 0.1) is 0 Å². The monoisotopic (exact) mass is 780 g/mol. The van der Waals surface area contributed by atoms with Crippen molar-refractivity contribution in [1.29, 1.82) is 0 Å². The van der Waals surface area contributed by atoms with E-state index in [1.807, 2.05) is 0 Å². The fraction of sp³-hybridized carbons (Fsp3) is 0.0508. The van der Waals surface area contributed by atoms with Crippen molar-refractivity contribution in [2.24, 2.45) is 0 Å². The molecule has 1 aliphatic carbocycles. The summed E-state index contributed by atoms with van der Waals surface area (Å²) in [6, 6.07) is 83.8. The van der Waals surface area contributed by atoms with E-state index < -0.39 is 0 Å².